The summed E-state index contributed by atoms with van der Waals surface area (Å²) >= 11 is 0. The highest BCUT2D eigenvalue weighted by molar-refractivity contribution is 5.48. The number of morpholine rings is 1. The quantitative estimate of drug-likeness (QED) is 0.904. The van der Waals surface area contributed by atoms with Crippen molar-refractivity contribution in [1.82, 2.24) is 25.2 Å². The number of nitrogens with zero attached hydrogens (tertiary/aromatic N) is 4. The van der Waals surface area contributed by atoms with Crippen LogP contribution < -0.4 is 5.32 Å². The first-order valence-corrected chi connectivity index (χ1v) is 7.03. The third-order valence-electron chi connectivity index (χ3n) is 3.39. The van der Waals surface area contributed by atoms with Crippen LogP contribution in [-0.2, 0) is 17.7 Å². The smallest absolute Gasteiger partial charge is 0.276 e. The highest BCUT2D eigenvalue weighted by atomic mass is 16.5. The largest absolute Gasteiger partial charge is 0.378 e. The second kappa shape index (κ2) is 5.72. The van der Waals surface area contributed by atoms with Crippen LogP contribution in [0, 0.1) is 0 Å². The van der Waals surface area contributed by atoms with Gasteiger partial charge in [-0.2, -0.15) is 10.1 Å². The van der Waals surface area contributed by atoms with E-state index in [1.54, 1.807) is 0 Å². The highest BCUT2D eigenvalue weighted by Crippen LogP contribution is 2.21. The molecule has 1 aliphatic rings. The normalized spacial score (nSPS) is 19.4. The van der Waals surface area contributed by atoms with Gasteiger partial charge in [0.25, 0.3) is 5.89 Å². The summed E-state index contributed by atoms with van der Waals surface area (Å²) in [6.07, 6.45) is 0.888. The van der Waals surface area contributed by atoms with Gasteiger partial charge >= 0.3 is 0 Å². The first-order chi connectivity index (χ1) is 9.81. The van der Waals surface area contributed by atoms with Gasteiger partial charge in [-0.1, -0.05) is 12.1 Å². The van der Waals surface area contributed by atoms with Crippen molar-refractivity contribution in [2.75, 3.05) is 19.8 Å². The molecule has 0 amide bonds. The minimum atomic E-state index is 0.00453. The molecule has 0 radical (unpaired) electrons. The average Bonchev–Trinajstić information content (AvgIpc) is 3.14. The monoisotopic (exact) mass is 277 g/mol. The van der Waals surface area contributed by atoms with Gasteiger partial charge in [-0.3, -0.25) is 4.68 Å². The van der Waals surface area contributed by atoms with Crippen LogP contribution in [0.2, 0.25) is 0 Å². The van der Waals surface area contributed by atoms with E-state index < -0.39 is 0 Å². The summed E-state index contributed by atoms with van der Waals surface area (Å²) in [5.41, 5.74) is 1.90. The fourth-order valence-corrected chi connectivity index (χ4v) is 2.27. The van der Waals surface area contributed by atoms with E-state index in [0.717, 1.165) is 37.5 Å². The molecular weight excluding hydrogens is 258 g/mol. The Hall–Kier alpha value is -1.73. The summed E-state index contributed by atoms with van der Waals surface area (Å²) in [6, 6.07) is 2.01. The topological polar surface area (TPSA) is 78.0 Å². The third kappa shape index (κ3) is 2.46. The third-order valence-corrected chi connectivity index (χ3v) is 3.39. The van der Waals surface area contributed by atoms with Gasteiger partial charge < -0.3 is 14.6 Å². The predicted octanol–water partition coefficient (Wildman–Crippen LogP) is 1.18. The summed E-state index contributed by atoms with van der Waals surface area (Å²) in [7, 11) is 0. The van der Waals surface area contributed by atoms with Crippen LogP contribution in [0.1, 0.15) is 31.4 Å². The van der Waals surface area contributed by atoms with Crippen molar-refractivity contribution >= 4 is 0 Å². The van der Waals surface area contributed by atoms with Gasteiger partial charge in [0.15, 0.2) is 5.82 Å². The fraction of sp³-hybridized carbons (Fsp3) is 0.615. The van der Waals surface area contributed by atoms with Gasteiger partial charge in [0, 0.05) is 13.1 Å². The summed E-state index contributed by atoms with van der Waals surface area (Å²) in [5, 5.41) is 11.9. The molecule has 1 atom stereocenters. The maximum absolute atomic E-state index is 5.42. The molecule has 0 aromatic carbocycles. The first-order valence-electron chi connectivity index (χ1n) is 7.03. The van der Waals surface area contributed by atoms with E-state index in [1.165, 1.54) is 0 Å². The number of rotatable bonds is 4. The number of ether oxygens (including phenoxy) is 1. The molecule has 3 heterocycles. The molecule has 20 heavy (non-hydrogen) atoms. The van der Waals surface area contributed by atoms with Gasteiger partial charge in [-0.15, -0.1) is 0 Å². The van der Waals surface area contributed by atoms with Crippen molar-refractivity contribution in [3.05, 3.63) is 17.6 Å². The zero-order valence-corrected chi connectivity index (χ0v) is 11.8. The Kier molecular flexibility index (Phi) is 3.79. The van der Waals surface area contributed by atoms with Gasteiger partial charge in [0.1, 0.15) is 5.69 Å². The molecule has 1 saturated heterocycles. The molecular formula is C13H19N5O2. The standard InChI is InChI=1S/C13H19N5O2/c1-3-9-7-11(18(4-2)16-9)13-15-12(17-20-13)10-8-19-6-5-14-10/h7,10,14H,3-6,8H2,1-2H3. The van der Waals surface area contributed by atoms with Crippen LogP contribution in [0.3, 0.4) is 0 Å². The van der Waals surface area contributed by atoms with Crippen LogP contribution in [0.25, 0.3) is 11.6 Å². The molecule has 0 spiro atoms. The van der Waals surface area contributed by atoms with Crippen LogP contribution in [0.15, 0.2) is 10.6 Å². The Morgan fingerprint density at radius 1 is 1.45 bits per heavy atom. The zero-order chi connectivity index (χ0) is 13.9. The average molecular weight is 277 g/mol. The number of aromatic nitrogens is 4. The van der Waals surface area contributed by atoms with Crippen molar-refractivity contribution in [1.29, 1.82) is 0 Å². The molecule has 0 saturated carbocycles. The molecule has 0 bridgehead atoms. The molecule has 108 valence electrons. The van der Waals surface area contributed by atoms with Gasteiger partial charge in [-0.05, 0) is 19.4 Å². The Morgan fingerprint density at radius 3 is 3.05 bits per heavy atom. The number of hydrogen-bond donors (Lipinski definition) is 1. The van der Waals surface area contributed by atoms with Crippen LogP contribution in [-0.4, -0.2) is 39.7 Å². The van der Waals surface area contributed by atoms with Gasteiger partial charge in [0.2, 0.25) is 0 Å². The summed E-state index contributed by atoms with van der Waals surface area (Å²) in [5.74, 6) is 1.16. The number of hydrogen-bond acceptors (Lipinski definition) is 6. The van der Waals surface area contributed by atoms with Crippen LogP contribution >= 0.6 is 0 Å². The minimum Gasteiger partial charge on any atom is -0.378 e. The maximum Gasteiger partial charge on any atom is 0.276 e. The molecule has 1 fully saturated rings. The number of aryl methyl sites for hydroxylation is 2. The van der Waals surface area contributed by atoms with E-state index >= 15 is 0 Å². The van der Waals surface area contributed by atoms with E-state index in [9.17, 15) is 0 Å². The lowest BCUT2D eigenvalue weighted by molar-refractivity contribution is 0.0734. The van der Waals surface area contributed by atoms with Crippen LogP contribution in [0.4, 0.5) is 0 Å². The molecule has 1 aliphatic heterocycles. The Balaban J connectivity index is 1.87. The predicted molar refractivity (Wildman–Crippen MR) is 72.1 cm³/mol. The van der Waals surface area contributed by atoms with Crippen molar-refractivity contribution < 1.29 is 9.26 Å². The Bertz CT molecular complexity index is 571. The molecule has 1 N–H and O–H groups in total. The first kappa shape index (κ1) is 13.3. The maximum atomic E-state index is 5.42. The lowest BCUT2D eigenvalue weighted by atomic mass is 10.2. The van der Waals surface area contributed by atoms with Crippen LogP contribution in [0.5, 0.6) is 0 Å². The SMILES string of the molecule is CCc1cc(-c2nc(C3COCCN3)no2)n(CC)n1. The molecule has 0 aliphatic carbocycles. The second-order valence-corrected chi connectivity index (χ2v) is 4.73. The molecule has 2 aromatic heterocycles. The minimum absolute atomic E-state index is 0.00453. The summed E-state index contributed by atoms with van der Waals surface area (Å²) in [4.78, 5) is 4.48. The lowest BCUT2D eigenvalue weighted by Gasteiger charge is -2.20. The zero-order valence-electron chi connectivity index (χ0n) is 11.8. The van der Waals surface area contributed by atoms with E-state index in [2.05, 4.69) is 27.5 Å². The van der Waals surface area contributed by atoms with Gasteiger partial charge in [0.05, 0.1) is 24.9 Å². The van der Waals surface area contributed by atoms with Crippen molar-refractivity contribution in [2.24, 2.45) is 0 Å². The van der Waals surface area contributed by atoms with E-state index in [1.807, 2.05) is 17.7 Å². The summed E-state index contributed by atoms with van der Waals surface area (Å²) < 4.78 is 12.7. The highest BCUT2D eigenvalue weighted by Gasteiger charge is 2.22. The van der Waals surface area contributed by atoms with Crippen molar-refractivity contribution in [2.45, 2.75) is 32.9 Å². The number of nitrogens with one attached hydrogen (secondary N) is 1. The molecule has 7 heteroatoms. The molecule has 2 aromatic rings. The van der Waals surface area contributed by atoms with E-state index in [0.29, 0.717) is 18.3 Å². The Morgan fingerprint density at radius 2 is 2.35 bits per heavy atom. The van der Waals surface area contributed by atoms with E-state index in [4.69, 9.17) is 9.26 Å². The van der Waals surface area contributed by atoms with Gasteiger partial charge in [-0.25, -0.2) is 0 Å². The van der Waals surface area contributed by atoms with Crippen molar-refractivity contribution in [3.63, 3.8) is 0 Å². The summed E-state index contributed by atoms with van der Waals surface area (Å²) in [6.45, 7) is 7.01. The Labute approximate surface area is 117 Å². The molecule has 3 rings (SSSR count). The van der Waals surface area contributed by atoms with E-state index in [-0.39, 0.29) is 6.04 Å². The fourth-order valence-electron chi connectivity index (χ4n) is 2.27. The lowest BCUT2D eigenvalue weighted by Crippen LogP contribution is -2.35. The van der Waals surface area contributed by atoms with Crippen molar-refractivity contribution in [3.8, 4) is 11.6 Å². The second-order valence-electron chi connectivity index (χ2n) is 4.73. The molecule has 1 unspecified atom stereocenters. The molecule has 7 nitrogen and oxygen atoms in total.